The number of hydrogen-bond donors (Lipinski definition) is 1. The summed E-state index contributed by atoms with van der Waals surface area (Å²) in [6.45, 7) is 1.91. The number of nitrogens with one attached hydrogen (secondary N) is 1. The molecule has 3 aromatic carbocycles. The standard InChI is InChI=1S/C21H21NS/c1-3-8-18(9-4-1)14-15-22-17-19-10-7-13-21(16-19)23-20-11-5-2-6-12-20/h1-13,16,22H,14-15,17H2. The number of hydrogen-bond acceptors (Lipinski definition) is 2. The molecule has 3 rings (SSSR count). The largest absolute Gasteiger partial charge is 0.312 e. The van der Waals surface area contributed by atoms with Crippen molar-refractivity contribution in [2.24, 2.45) is 0 Å². The van der Waals surface area contributed by atoms with Crippen LogP contribution in [0.1, 0.15) is 11.1 Å². The molecular formula is C21H21NS. The third-order valence-corrected chi connectivity index (χ3v) is 4.64. The van der Waals surface area contributed by atoms with Crippen LogP contribution in [0.3, 0.4) is 0 Å². The van der Waals surface area contributed by atoms with Crippen molar-refractivity contribution in [3.8, 4) is 0 Å². The van der Waals surface area contributed by atoms with Gasteiger partial charge >= 0.3 is 0 Å². The molecule has 0 heterocycles. The van der Waals surface area contributed by atoms with Crippen molar-refractivity contribution >= 4 is 11.8 Å². The van der Waals surface area contributed by atoms with Gasteiger partial charge in [0.25, 0.3) is 0 Å². The lowest BCUT2D eigenvalue weighted by molar-refractivity contribution is 0.686. The molecule has 0 unspecified atom stereocenters. The Bertz CT molecular complexity index is 710. The van der Waals surface area contributed by atoms with Gasteiger partial charge in [-0.25, -0.2) is 0 Å². The van der Waals surface area contributed by atoms with Crippen molar-refractivity contribution in [3.05, 3.63) is 96.1 Å². The van der Waals surface area contributed by atoms with Gasteiger partial charge in [0.2, 0.25) is 0 Å². The Balaban J connectivity index is 1.49. The number of rotatable bonds is 7. The highest BCUT2D eigenvalue weighted by Crippen LogP contribution is 2.27. The third-order valence-electron chi connectivity index (χ3n) is 3.64. The van der Waals surface area contributed by atoms with E-state index in [-0.39, 0.29) is 0 Å². The molecule has 1 N–H and O–H groups in total. The Labute approximate surface area is 142 Å². The average molecular weight is 319 g/mol. The number of benzene rings is 3. The van der Waals surface area contributed by atoms with Gasteiger partial charge in [-0.3, -0.25) is 0 Å². The van der Waals surface area contributed by atoms with Crippen molar-refractivity contribution in [2.75, 3.05) is 6.54 Å². The van der Waals surface area contributed by atoms with Crippen LogP contribution in [0.25, 0.3) is 0 Å². The van der Waals surface area contributed by atoms with E-state index in [1.807, 2.05) is 11.8 Å². The minimum absolute atomic E-state index is 0.913. The van der Waals surface area contributed by atoms with Crippen LogP contribution in [-0.2, 0) is 13.0 Å². The van der Waals surface area contributed by atoms with Gasteiger partial charge in [0.15, 0.2) is 0 Å². The van der Waals surface area contributed by atoms with Gasteiger partial charge in [0, 0.05) is 16.3 Å². The lowest BCUT2D eigenvalue weighted by atomic mass is 10.1. The molecule has 0 saturated heterocycles. The summed E-state index contributed by atoms with van der Waals surface area (Å²) in [7, 11) is 0. The predicted molar refractivity (Wildman–Crippen MR) is 98.9 cm³/mol. The van der Waals surface area contributed by atoms with Gasteiger partial charge in [-0.1, -0.05) is 72.4 Å². The highest BCUT2D eigenvalue weighted by atomic mass is 32.2. The minimum atomic E-state index is 0.913. The van der Waals surface area contributed by atoms with Gasteiger partial charge in [0.05, 0.1) is 0 Å². The molecular weight excluding hydrogens is 298 g/mol. The highest BCUT2D eigenvalue weighted by Gasteiger charge is 1.99. The summed E-state index contributed by atoms with van der Waals surface area (Å²) in [5, 5.41) is 3.53. The maximum absolute atomic E-state index is 3.53. The first-order valence-electron chi connectivity index (χ1n) is 7.97. The smallest absolute Gasteiger partial charge is 0.0206 e. The maximum Gasteiger partial charge on any atom is 0.0206 e. The zero-order chi connectivity index (χ0) is 15.7. The first-order chi connectivity index (χ1) is 11.4. The Hall–Kier alpha value is -2.03. The molecule has 1 nitrogen and oxygen atoms in total. The predicted octanol–water partition coefficient (Wildman–Crippen LogP) is 5.17. The summed E-state index contributed by atoms with van der Waals surface area (Å²) in [6.07, 6.45) is 1.07. The average Bonchev–Trinajstić information content (AvgIpc) is 2.61. The molecule has 3 aromatic rings. The maximum atomic E-state index is 3.53. The SMILES string of the molecule is c1ccc(CCNCc2cccc(Sc3ccccc3)c2)cc1. The van der Waals surface area contributed by atoms with Crippen molar-refractivity contribution in [1.29, 1.82) is 0 Å². The molecule has 0 aliphatic carbocycles. The molecule has 0 amide bonds. The molecule has 0 saturated carbocycles. The quantitative estimate of drug-likeness (QED) is 0.603. The van der Waals surface area contributed by atoms with Crippen molar-refractivity contribution in [3.63, 3.8) is 0 Å². The first-order valence-corrected chi connectivity index (χ1v) is 8.78. The van der Waals surface area contributed by atoms with Gasteiger partial charge in [-0.15, -0.1) is 0 Å². The van der Waals surface area contributed by atoms with E-state index in [0.717, 1.165) is 19.5 Å². The van der Waals surface area contributed by atoms with Crippen LogP contribution < -0.4 is 5.32 Å². The van der Waals surface area contributed by atoms with Crippen LogP contribution in [0.4, 0.5) is 0 Å². The summed E-state index contributed by atoms with van der Waals surface area (Å²) in [5.41, 5.74) is 2.72. The second kappa shape index (κ2) is 8.56. The zero-order valence-electron chi connectivity index (χ0n) is 13.1. The normalized spacial score (nSPS) is 10.6. The van der Waals surface area contributed by atoms with Crippen LogP contribution in [0, 0.1) is 0 Å². The van der Waals surface area contributed by atoms with E-state index in [1.54, 1.807) is 0 Å². The van der Waals surface area contributed by atoms with Gasteiger partial charge in [-0.2, -0.15) is 0 Å². The van der Waals surface area contributed by atoms with Crippen molar-refractivity contribution in [2.45, 2.75) is 22.8 Å². The fourth-order valence-electron chi connectivity index (χ4n) is 2.45. The topological polar surface area (TPSA) is 12.0 Å². The molecule has 0 radical (unpaired) electrons. The van der Waals surface area contributed by atoms with E-state index in [2.05, 4.69) is 90.2 Å². The lowest BCUT2D eigenvalue weighted by Gasteiger charge is -2.07. The molecule has 0 bridgehead atoms. The van der Waals surface area contributed by atoms with E-state index in [0.29, 0.717) is 0 Å². The summed E-state index contributed by atoms with van der Waals surface area (Å²) < 4.78 is 0. The van der Waals surface area contributed by atoms with Crippen LogP contribution >= 0.6 is 11.8 Å². The fourth-order valence-corrected chi connectivity index (χ4v) is 3.38. The van der Waals surface area contributed by atoms with E-state index in [1.165, 1.54) is 20.9 Å². The Morgan fingerprint density at radius 1 is 0.652 bits per heavy atom. The molecule has 0 aromatic heterocycles. The Kier molecular flexibility index (Phi) is 5.90. The van der Waals surface area contributed by atoms with Crippen LogP contribution in [0.2, 0.25) is 0 Å². The second-order valence-corrected chi connectivity index (χ2v) is 6.62. The van der Waals surface area contributed by atoms with Crippen LogP contribution in [-0.4, -0.2) is 6.54 Å². The molecule has 0 spiro atoms. The van der Waals surface area contributed by atoms with Crippen molar-refractivity contribution < 1.29 is 0 Å². The second-order valence-electron chi connectivity index (χ2n) is 5.47. The first kappa shape index (κ1) is 15.9. The highest BCUT2D eigenvalue weighted by molar-refractivity contribution is 7.99. The van der Waals surface area contributed by atoms with Crippen LogP contribution in [0.15, 0.2) is 94.7 Å². The van der Waals surface area contributed by atoms with E-state index >= 15 is 0 Å². The van der Waals surface area contributed by atoms with Gasteiger partial charge in [0.1, 0.15) is 0 Å². The summed E-state index contributed by atoms with van der Waals surface area (Å²) in [5.74, 6) is 0. The Morgan fingerprint density at radius 2 is 1.30 bits per heavy atom. The zero-order valence-corrected chi connectivity index (χ0v) is 13.9. The van der Waals surface area contributed by atoms with E-state index < -0.39 is 0 Å². The molecule has 0 fully saturated rings. The van der Waals surface area contributed by atoms with Crippen molar-refractivity contribution in [1.82, 2.24) is 5.32 Å². The van der Waals surface area contributed by atoms with Gasteiger partial charge < -0.3 is 5.32 Å². The molecule has 0 aliphatic heterocycles. The van der Waals surface area contributed by atoms with Gasteiger partial charge in [-0.05, 0) is 48.4 Å². The monoisotopic (exact) mass is 319 g/mol. The van der Waals surface area contributed by atoms with Crippen LogP contribution in [0.5, 0.6) is 0 Å². The summed E-state index contributed by atoms with van der Waals surface area (Å²) >= 11 is 1.81. The fraction of sp³-hybridized carbons (Fsp3) is 0.143. The molecule has 116 valence electrons. The molecule has 0 aliphatic rings. The minimum Gasteiger partial charge on any atom is -0.312 e. The third kappa shape index (κ3) is 5.27. The molecule has 0 atom stereocenters. The summed E-state index contributed by atoms with van der Waals surface area (Å²) in [4.78, 5) is 2.57. The summed E-state index contributed by atoms with van der Waals surface area (Å²) in [6, 6.07) is 29.9. The van der Waals surface area contributed by atoms with E-state index in [9.17, 15) is 0 Å². The molecule has 2 heteroatoms. The van der Waals surface area contributed by atoms with E-state index in [4.69, 9.17) is 0 Å². The molecule has 23 heavy (non-hydrogen) atoms. The lowest BCUT2D eigenvalue weighted by Crippen LogP contribution is -2.16. The Morgan fingerprint density at radius 3 is 2.09 bits per heavy atom.